The van der Waals surface area contributed by atoms with Gasteiger partial charge in [-0.25, -0.2) is 0 Å². The minimum absolute atomic E-state index is 0.167. The predicted octanol–water partition coefficient (Wildman–Crippen LogP) is 1.30. The molecule has 1 saturated heterocycles. The molecule has 0 unspecified atom stereocenters. The second-order valence-electron chi connectivity index (χ2n) is 5.14. The van der Waals surface area contributed by atoms with E-state index < -0.39 is 0 Å². The fourth-order valence-electron chi connectivity index (χ4n) is 2.10. The number of amides is 2. The maximum Gasteiger partial charge on any atom is 0.246 e. The van der Waals surface area contributed by atoms with Crippen LogP contribution in [0.4, 0.5) is 5.69 Å². The molecule has 0 radical (unpaired) electrons. The number of anilines is 1. The molecule has 2 N–H and O–H groups in total. The first-order chi connectivity index (χ1) is 9.45. The number of piperazine rings is 1. The molecule has 0 bridgehead atoms. The molecule has 1 aliphatic heterocycles. The smallest absolute Gasteiger partial charge is 0.246 e. The number of carbonyl (C=O) groups is 2. The Morgan fingerprint density at radius 1 is 1.30 bits per heavy atom. The van der Waals surface area contributed by atoms with Gasteiger partial charge in [0.05, 0.1) is 13.1 Å². The third kappa shape index (κ3) is 3.71. The maximum absolute atomic E-state index is 11.5. The molecule has 108 valence electrons. The van der Waals surface area contributed by atoms with E-state index in [-0.39, 0.29) is 24.9 Å². The Morgan fingerprint density at radius 2 is 1.95 bits per heavy atom. The van der Waals surface area contributed by atoms with Crippen molar-refractivity contribution in [1.82, 2.24) is 10.6 Å². The van der Waals surface area contributed by atoms with Crippen LogP contribution in [-0.4, -0.2) is 30.9 Å². The minimum Gasteiger partial charge on any atom is -0.353 e. The topological polar surface area (TPSA) is 61.4 Å². The average molecular weight is 296 g/mol. The highest BCUT2D eigenvalue weighted by atomic mass is 35.5. The molecule has 5 nitrogen and oxygen atoms in total. The molecule has 2 amide bonds. The van der Waals surface area contributed by atoms with Gasteiger partial charge in [0.25, 0.3) is 0 Å². The number of imide groups is 1. The molecule has 0 aromatic heterocycles. The van der Waals surface area contributed by atoms with E-state index >= 15 is 0 Å². The summed E-state index contributed by atoms with van der Waals surface area (Å²) < 4.78 is 0. The zero-order chi connectivity index (χ0) is 14.7. The number of nitrogens with zero attached hydrogens (tertiary/aromatic N) is 1. The van der Waals surface area contributed by atoms with E-state index in [9.17, 15) is 9.59 Å². The Bertz CT molecular complexity index is 515. The Balaban J connectivity index is 2.26. The summed E-state index contributed by atoms with van der Waals surface area (Å²) in [6, 6.07) is 5.88. The summed E-state index contributed by atoms with van der Waals surface area (Å²) in [7, 11) is 0. The lowest BCUT2D eigenvalue weighted by molar-refractivity contribution is -0.130. The summed E-state index contributed by atoms with van der Waals surface area (Å²) in [5, 5.41) is 6.21. The molecule has 1 aliphatic rings. The number of hydrogen-bond donors (Lipinski definition) is 2. The number of hydrogen-bond acceptors (Lipinski definition) is 4. The van der Waals surface area contributed by atoms with E-state index in [0.717, 1.165) is 11.3 Å². The molecule has 0 aliphatic carbocycles. The number of rotatable bonds is 4. The molecule has 0 spiro atoms. The van der Waals surface area contributed by atoms with E-state index in [0.29, 0.717) is 17.6 Å². The molecular weight excluding hydrogens is 278 g/mol. The summed E-state index contributed by atoms with van der Waals surface area (Å²) in [6.07, 6.45) is 0. The largest absolute Gasteiger partial charge is 0.353 e. The van der Waals surface area contributed by atoms with Gasteiger partial charge in [-0.2, -0.15) is 0 Å². The molecule has 1 aromatic carbocycles. The Kier molecular flexibility index (Phi) is 4.62. The van der Waals surface area contributed by atoms with Crippen LogP contribution in [0.15, 0.2) is 18.2 Å². The first-order valence-corrected chi connectivity index (χ1v) is 6.93. The van der Waals surface area contributed by atoms with Crippen molar-refractivity contribution in [3.63, 3.8) is 0 Å². The van der Waals surface area contributed by atoms with Crippen LogP contribution < -0.4 is 15.5 Å². The molecule has 2 rings (SSSR count). The van der Waals surface area contributed by atoms with Crippen LogP contribution in [-0.2, 0) is 16.1 Å². The fraction of sp³-hybridized carbons (Fsp3) is 0.429. The Hall–Kier alpha value is -1.59. The van der Waals surface area contributed by atoms with Crippen LogP contribution in [0.1, 0.15) is 19.4 Å². The van der Waals surface area contributed by atoms with E-state index in [4.69, 9.17) is 11.6 Å². The normalized spacial score (nSPS) is 15.7. The van der Waals surface area contributed by atoms with Crippen LogP contribution in [0.3, 0.4) is 0 Å². The Morgan fingerprint density at radius 3 is 2.55 bits per heavy atom. The first-order valence-electron chi connectivity index (χ1n) is 6.55. The van der Waals surface area contributed by atoms with Crippen LogP contribution in [0.2, 0.25) is 5.02 Å². The number of benzene rings is 1. The van der Waals surface area contributed by atoms with Crippen molar-refractivity contribution < 1.29 is 9.59 Å². The van der Waals surface area contributed by atoms with E-state index in [1.165, 1.54) is 0 Å². The molecule has 1 heterocycles. The van der Waals surface area contributed by atoms with Gasteiger partial charge >= 0.3 is 0 Å². The van der Waals surface area contributed by atoms with Gasteiger partial charge in [0, 0.05) is 23.3 Å². The van der Waals surface area contributed by atoms with Crippen LogP contribution in [0, 0.1) is 0 Å². The van der Waals surface area contributed by atoms with Crippen molar-refractivity contribution in [2.75, 3.05) is 18.0 Å². The molecule has 6 heteroatoms. The second-order valence-corrected chi connectivity index (χ2v) is 5.57. The quantitative estimate of drug-likeness (QED) is 0.822. The molecule has 1 aromatic rings. The van der Waals surface area contributed by atoms with Gasteiger partial charge in [0.2, 0.25) is 11.8 Å². The number of nitrogens with one attached hydrogen (secondary N) is 2. The minimum atomic E-state index is -0.288. The highest BCUT2D eigenvalue weighted by Crippen LogP contribution is 2.25. The summed E-state index contributed by atoms with van der Waals surface area (Å²) in [5.41, 5.74) is 1.85. The van der Waals surface area contributed by atoms with Crippen molar-refractivity contribution in [3.05, 3.63) is 28.8 Å². The van der Waals surface area contributed by atoms with Gasteiger partial charge in [-0.3, -0.25) is 14.9 Å². The van der Waals surface area contributed by atoms with E-state index in [1.807, 2.05) is 12.1 Å². The molecule has 20 heavy (non-hydrogen) atoms. The van der Waals surface area contributed by atoms with Crippen LogP contribution >= 0.6 is 11.6 Å². The number of halogens is 1. The van der Waals surface area contributed by atoms with Crippen molar-refractivity contribution >= 4 is 29.1 Å². The monoisotopic (exact) mass is 295 g/mol. The highest BCUT2D eigenvalue weighted by molar-refractivity contribution is 6.30. The lowest BCUT2D eigenvalue weighted by Crippen LogP contribution is -2.51. The van der Waals surface area contributed by atoms with Crippen molar-refractivity contribution in [1.29, 1.82) is 0 Å². The summed E-state index contributed by atoms with van der Waals surface area (Å²) in [5.74, 6) is -0.576. The van der Waals surface area contributed by atoms with Crippen molar-refractivity contribution in [3.8, 4) is 0 Å². The number of carbonyl (C=O) groups excluding carboxylic acids is 2. The van der Waals surface area contributed by atoms with Gasteiger partial charge < -0.3 is 10.2 Å². The summed E-state index contributed by atoms with van der Waals surface area (Å²) in [4.78, 5) is 24.7. The fourth-order valence-corrected chi connectivity index (χ4v) is 2.27. The SMILES string of the molecule is CC(C)NCc1ccc(Cl)cc1N1CC(=O)NC(=O)C1. The average Bonchev–Trinajstić information content (AvgIpc) is 2.36. The van der Waals surface area contributed by atoms with Gasteiger partial charge in [-0.1, -0.05) is 31.5 Å². The molecule has 0 atom stereocenters. The zero-order valence-corrected chi connectivity index (χ0v) is 12.3. The van der Waals surface area contributed by atoms with Crippen molar-refractivity contribution in [2.45, 2.75) is 26.4 Å². The third-order valence-corrected chi connectivity index (χ3v) is 3.27. The van der Waals surface area contributed by atoms with Gasteiger partial charge in [0.15, 0.2) is 0 Å². The highest BCUT2D eigenvalue weighted by Gasteiger charge is 2.24. The van der Waals surface area contributed by atoms with Gasteiger partial charge in [-0.05, 0) is 17.7 Å². The van der Waals surface area contributed by atoms with Crippen molar-refractivity contribution in [2.24, 2.45) is 0 Å². The first kappa shape index (κ1) is 14.8. The molecule has 1 fully saturated rings. The van der Waals surface area contributed by atoms with Gasteiger partial charge in [-0.15, -0.1) is 0 Å². The summed E-state index contributed by atoms with van der Waals surface area (Å²) >= 11 is 6.04. The Labute approximate surface area is 123 Å². The third-order valence-electron chi connectivity index (χ3n) is 3.04. The standard InChI is InChI=1S/C14H18ClN3O2/c1-9(2)16-6-10-3-4-11(15)5-12(10)18-7-13(19)17-14(20)8-18/h3-5,9,16H,6-8H2,1-2H3,(H,17,19,20). The van der Waals surface area contributed by atoms with Crippen LogP contribution in [0.5, 0.6) is 0 Å². The van der Waals surface area contributed by atoms with Crippen LogP contribution in [0.25, 0.3) is 0 Å². The molecular formula is C14H18ClN3O2. The maximum atomic E-state index is 11.5. The van der Waals surface area contributed by atoms with Gasteiger partial charge in [0.1, 0.15) is 0 Å². The summed E-state index contributed by atoms with van der Waals surface area (Å²) in [6.45, 7) is 5.12. The zero-order valence-electron chi connectivity index (χ0n) is 11.6. The second kappa shape index (κ2) is 6.24. The van der Waals surface area contributed by atoms with E-state index in [1.54, 1.807) is 11.0 Å². The van der Waals surface area contributed by atoms with E-state index in [2.05, 4.69) is 24.5 Å². The lowest BCUT2D eigenvalue weighted by atomic mass is 10.1. The lowest BCUT2D eigenvalue weighted by Gasteiger charge is -2.29. The molecule has 0 saturated carbocycles. The predicted molar refractivity (Wildman–Crippen MR) is 78.8 cm³/mol.